The quantitative estimate of drug-likeness (QED) is 0.386. The molecule has 120 valence electrons. The Morgan fingerprint density at radius 3 is 2.50 bits per heavy atom. The summed E-state index contributed by atoms with van der Waals surface area (Å²) in [7, 11) is 0. The van der Waals surface area contributed by atoms with Crippen LogP contribution in [0.25, 0.3) is 5.69 Å². The van der Waals surface area contributed by atoms with Crippen LogP contribution in [0.3, 0.4) is 0 Å². The Bertz CT molecular complexity index is 917. The number of ketones is 1. The number of aromatic nitrogens is 2. The number of nitrogens with zero attached hydrogens (tertiary/aromatic N) is 2. The summed E-state index contributed by atoms with van der Waals surface area (Å²) in [5.41, 5.74) is -2.19. The van der Waals surface area contributed by atoms with E-state index in [-0.39, 0.29) is 35.2 Å². The fourth-order valence-corrected chi connectivity index (χ4v) is 2.40. The zero-order chi connectivity index (χ0) is 17.3. The molecule has 2 rings (SSSR count). The SMILES string of the molecule is C=CC(C)n1c([O-])c(C(C)=O)c(=O)n(-c2cccc(Cl)c2)c1=O.[Na+]. The van der Waals surface area contributed by atoms with Gasteiger partial charge in [-0.1, -0.05) is 23.7 Å². The first kappa shape index (κ1) is 20.4. The standard InChI is InChI=1S/C16H15ClN2O4.Na/c1-4-9(2)18-14(21)13(10(3)20)15(22)19(16(18)23)12-7-5-6-11(17)8-12;/h4-9,21H,1H2,2-3H3;/q;+1/p-1. The van der Waals surface area contributed by atoms with E-state index in [1.807, 2.05) is 0 Å². The molecule has 0 aliphatic rings. The molecule has 0 saturated heterocycles. The van der Waals surface area contributed by atoms with Crippen LogP contribution in [-0.2, 0) is 0 Å². The maximum Gasteiger partial charge on any atom is 1.00 e. The summed E-state index contributed by atoms with van der Waals surface area (Å²) in [6.07, 6.45) is 1.37. The molecular formula is C16H14ClN2NaO4. The van der Waals surface area contributed by atoms with E-state index in [0.29, 0.717) is 5.02 Å². The number of hydrogen-bond donors (Lipinski definition) is 0. The summed E-state index contributed by atoms with van der Waals surface area (Å²) in [5.74, 6) is -1.63. The summed E-state index contributed by atoms with van der Waals surface area (Å²) in [6.45, 7) is 6.21. The normalized spacial score (nSPS) is 11.5. The number of rotatable bonds is 4. The molecule has 0 fully saturated rings. The number of halogens is 1. The number of benzene rings is 1. The molecular weight excluding hydrogens is 343 g/mol. The van der Waals surface area contributed by atoms with Gasteiger partial charge in [0.25, 0.3) is 5.56 Å². The molecule has 0 amide bonds. The van der Waals surface area contributed by atoms with Crippen LogP contribution in [0.4, 0.5) is 0 Å². The first-order valence-corrected chi connectivity index (χ1v) is 7.15. The van der Waals surface area contributed by atoms with Crippen LogP contribution in [0.5, 0.6) is 5.88 Å². The van der Waals surface area contributed by atoms with Gasteiger partial charge in [-0.3, -0.25) is 14.2 Å². The van der Waals surface area contributed by atoms with Crippen molar-refractivity contribution in [3.8, 4) is 11.6 Å². The molecule has 0 N–H and O–H groups in total. The van der Waals surface area contributed by atoms with Crippen molar-refractivity contribution < 1.29 is 39.5 Å². The molecule has 0 radical (unpaired) electrons. The van der Waals surface area contributed by atoms with Crippen LogP contribution in [0, 0.1) is 0 Å². The Labute approximate surface area is 165 Å². The Hall–Kier alpha value is -1.60. The maximum atomic E-state index is 12.6. The molecule has 0 spiro atoms. The van der Waals surface area contributed by atoms with Crippen molar-refractivity contribution in [1.82, 2.24) is 9.13 Å². The summed E-state index contributed by atoms with van der Waals surface area (Å²) < 4.78 is 1.59. The average Bonchev–Trinajstić information content (AvgIpc) is 2.46. The van der Waals surface area contributed by atoms with Crippen LogP contribution < -0.4 is 45.9 Å². The molecule has 6 nitrogen and oxygen atoms in total. The van der Waals surface area contributed by atoms with Gasteiger partial charge in [0.1, 0.15) is 0 Å². The van der Waals surface area contributed by atoms with Crippen LogP contribution in [0.1, 0.15) is 30.2 Å². The van der Waals surface area contributed by atoms with E-state index < -0.39 is 34.5 Å². The van der Waals surface area contributed by atoms with Crippen LogP contribution >= 0.6 is 11.6 Å². The monoisotopic (exact) mass is 356 g/mol. The van der Waals surface area contributed by atoms with Gasteiger partial charge in [-0.25, -0.2) is 9.36 Å². The Morgan fingerprint density at radius 1 is 1.38 bits per heavy atom. The molecule has 1 atom stereocenters. The zero-order valence-electron chi connectivity index (χ0n) is 13.6. The number of Topliss-reactive ketones (excluding diaryl/α,β-unsaturated/α-hetero) is 1. The van der Waals surface area contributed by atoms with Crippen molar-refractivity contribution in [2.45, 2.75) is 19.9 Å². The second kappa shape index (κ2) is 7.98. The van der Waals surface area contributed by atoms with Crippen molar-refractivity contribution >= 4 is 17.4 Å². The number of carbonyl (C=O) groups is 1. The molecule has 0 bridgehead atoms. The molecule has 8 heteroatoms. The third kappa shape index (κ3) is 3.57. The van der Waals surface area contributed by atoms with Gasteiger partial charge in [-0.15, -0.1) is 6.58 Å². The van der Waals surface area contributed by atoms with Crippen molar-refractivity contribution in [1.29, 1.82) is 0 Å². The molecule has 24 heavy (non-hydrogen) atoms. The predicted molar refractivity (Wildman–Crippen MR) is 85.7 cm³/mol. The molecule has 1 aromatic carbocycles. The molecule has 1 unspecified atom stereocenters. The van der Waals surface area contributed by atoms with E-state index in [0.717, 1.165) is 16.1 Å². The van der Waals surface area contributed by atoms with Crippen LogP contribution in [0.15, 0.2) is 46.5 Å². The van der Waals surface area contributed by atoms with Gasteiger partial charge in [0.15, 0.2) is 5.78 Å². The number of allylic oxidation sites excluding steroid dienone is 1. The third-order valence-electron chi connectivity index (χ3n) is 3.41. The van der Waals surface area contributed by atoms with Gasteiger partial charge in [0.05, 0.1) is 17.3 Å². The average molecular weight is 357 g/mol. The fraction of sp³-hybridized carbons (Fsp3) is 0.188. The van der Waals surface area contributed by atoms with E-state index in [1.165, 1.54) is 18.2 Å². The van der Waals surface area contributed by atoms with Crippen LogP contribution in [0.2, 0.25) is 5.02 Å². The van der Waals surface area contributed by atoms with Gasteiger partial charge >= 0.3 is 35.2 Å². The summed E-state index contributed by atoms with van der Waals surface area (Å²) >= 11 is 5.89. The minimum absolute atomic E-state index is 0. The van der Waals surface area contributed by atoms with Gasteiger partial charge < -0.3 is 5.11 Å². The third-order valence-corrected chi connectivity index (χ3v) is 3.65. The first-order valence-electron chi connectivity index (χ1n) is 6.77. The number of hydrogen-bond acceptors (Lipinski definition) is 4. The van der Waals surface area contributed by atoms with Crippen LogP contribution in [-0.4, -0.2) is 14.9 Å². The predicted octanol–water partition coefficient (Wildman–Crippen LogP) is -1.32. The summed E-state index contributed by atoms with van der Waals surface area (Å²) in [5, 5.41) is 12.7. The van der Waals surface area contributed by atoms with Gasteiger partial charge in [0, 0.05) is 5.02 Å². The van der Waals surface area contributed by atoms with E-state index in [9.17, 15) is 19.5 Å². The van der Waals surface area contributed by atoms with Crippen molar-refractivity contribution in [2.24, 2.45) is 0 Å². The molecule has 1 aromatic heterocycles. The molecule has 1 heterocycles. The fourth-order valence-electron chi connectivity index (χ4n) is 2.21. The van der Waals surface area contributed by atoms with E-state index in [1.54, 1.807) is 19.1 Å². The van der Waals surface area contributed by atoms with Gasteiger partial charge in [0.2, 0.25) is 0 Å². The summed E-state index contributed by atoms with van der Waals surface area (Å²) in [4.78, 5) is 36.8. The Kier molecular flexibility index (Phi) is 6.80. The zero-order valence-corrected chi connectivity index (χ0v) is 16.3. The minimum atomic E-state index is -0.956. The largest absolute Gasteiger partial charge is 1.00 e. The van der Waals surface area contributed by atoms with E-state index >= 15 is 0 Å². The second-order valence-corrected chi connectivity index (χ2v) is 5.42. The minimum Gasteiger partial charge on any atom is -0.859 e. The van der Waals surface area contributed by atoms with E-state index in [4.69, 9.17) is 11.6 Å². The van der Waals surface area contributed by atoms with Crippen molar-refractivity contribution in [3.05, 3.63) is 68.3 Å². The summed E-state index contributed by atoms with van der Waals surface area (Å²) in [6, 6.07) is 5.35. The molecule has 0 aliphatic carbocycles. The molecule has 2 aromatic rings. The van der Waals surface area contributed by atoms with E-state index in [2.05, 4.69) is 6.58 Å². The van der Waals surface area contributed by atoms with Gasteiger partial charge in [-0.05, 0) is 37.9 Å². The Balaban J connectivity index is 0.00000288. The molecule has 0 saturated carbocycles. The number of carbonyl (C=O) groups excluding carboxylic acids is 1. The second-order valence-electron chi connectivity index (χ2n) is 4.99. The van der Waals surface area contributed by atoms with Crippen molar-refractivity contribution in [2.75, 3.05) is 0 Å². The van der Waals surface area contributed by atoms with Gasteiger partial charge in [-0.2, -0.15) is 0 Å². The maximum absolute atomic E-state index is 12.6. The first-order chi connectivity index (χ1) is 10.8. The van der Waals surface area contributed by atoms with Crippen molar-refractivity contribution in [3.63, 3.8) is 0 Å². The smallest absolute Gasteiger partial charge is 0.859 e. The molecule has 0 aliphatic heterocycles. The Morgan fingerprint density at radius 2 is 2.00 bits per heavy atom. The topological polar surface area (TPSA) is 84.1 Å².